The summed E-state index contributed by atoms with van der Waals surface area (Å²) in [5.74, 6) is 0.0820. The average molecular weight is 402 g/mol. The first-order valence-corrected chi connectivity index (χ1v) is 10.7. The maximum atomic E-state index is 14.5. The Hall–Kier alpha value is -3.72. The molecule has 0 saturated carbocycles. The van der Waals surface area contributed by atoms with Crippen LogP contribution >= 0.6 is 0 Å². The van der Waals surface area contributed by atoms with Crippen molar-refractivity contribution in [1.82, 2.24) is 9.38 Å². The molecule has 0 fully saturated rings. The first-order valence-electron chi connectivity index (χ1n) is 10.7. The molecule has 31 heavy (non-hydrogen) atoms. The lowest BCUT2D eigenvalue weighted by Gasteiger charge is -2.19. The Balaban J connectivity index is 1.96. The predicted octanol–water partition coefficient (Wildman–Crippen LogP) is 7.80. The Morgan fingerprint density at radius 2 is 1.61 bits per heavy atom. The van der Waals surface area contributed by atoms with E-state index in [0.29, 0.717) is 5.92 Å². The van der Waals surface area contributed by atoms with E-state index in [1.54, 1.807) is 12.1 Å². The molecule has 7 rings (SSSR count). The summed E-state index contributed by atoms with van der Waals surface area (Å²) >= 11 is 0. The smallest absolute Gasteiger partial charge is 0.125 e. The van der Waals surface area contributed by atoms with Gasteiger partial charge in [-0.1, -0.05) is 50.2 Å². The van der Waals surface area contributed by atoms with Gasteiger partial charge in [0, 0.05) is 27.7 Å². The number of rotatable bonds is 1. The van der Waals surface area contributed by atoms with E-state index in [-0.39, 0.29) is 5.82 Å². The van der Waals surface area contributed by atoms with Gasteiger partial charge in [0.25, 0.3) is 0 Å². The first kappa shape index (κ1) is 17.0. The van der Waals surface area contributed by atoms with Crippen molar-refractivity contribution in [3.05, 3.63) is 84.3 Å². The Labute approximate surface area is 177 Å². The highest BCUT2D eigenvalue weighted by atomic mass is 19.1. The lowest BCUT2D eigenvalue weighted by Crippen LogP contribution is -2.01. The van der Waals surface area contributed by atoms with E-state index in [1.807, 2.05) is 12.3 Å². The molecular weight excluding hydrogens is 383 g/mol. The molecule has 148 valence electrons. The fraction of sp³-hybridized carbons (Fsp3) is 0.107. The normalized spacial score (nSPS) is 12.6. The minimum atomic E-state index is -0.215. The molecule has 0 spiro atoms. The van der Waals surface area contributed by atoms with Crippen LogP contribution in [0.4, 0.5) is 4.39 Å². The monoisotopic (exact) mass is 402 g/mol. The fourth-order valence-electron chi connectivity index (χ4n) is 5.55. The molecule has 0 unspecified atom stereocenters. The summed E-state index contributed by atoms with van der Waals surface area (Å²) in [6.45, 7) is 4.47. The summed E-state index contributed by atoms with van der Waals surface area (Å²) in [5.41, 5.74) is 5.48. The second-order valence-corrected chi connectivity index (χ2v) is 8.78. The highest BCUT2D eigenvalue weighted by molar-refractivity contribution is 6.28. The molecule has 0 aliphatic rings. The maximum Gasteiger partial charge on any atom is 0.125 e. The van der Waals surface area contributed by atoms with E-state index in [1.165, 1.54) is 16.3 Å². The minimum absolute atomic E-state index is 0.215. The lowest BCUT2D eigenvalue weighted by molar-refractivity contribution is 0.629. The molecule has 0 N–H and O–H groups in total. The number of nitrogens with zero attached hydrogens (tertiary/aromatic N) is 2. The topological polar surface area (TPSA) is 17.3 Å². The molecule has 3 heterocycles. The number of aromatic nitrogens is 2. The zero-order chi connectivity index (χ0) is 20.9. The standard InChI is InChI=1S/C28H19FN2/c1-15(2)24-19-6-4-3-5-17(19)13-22-26-25-16(11-12-30-26)7-9-21-20-10-8-18(29)14-23(20)31(27(21)25)28(22)24/h3-15H,1-2H3. The van der Waals surface area contributed by atoms with Crippen molar-refractivity contribution < 1.29 is 4.39 Å². The molecular formula is C28H19FN2. The lowest BCUT2D eigenvalue weighted by atomic mass is 9.91. The summed E-state index contributed by atoms with van der Waals surface area (Å²) in [6.07, 6.45) is 1.90. The molecule has 0 amide bonds. The van der Waals surface area contributed by atoms with E-state index in [0.717, 1.165) is 49.0 Å². The Morgan fingerprint density at radius 1 is 0.774 bits per heavy atom. The third kappa shape index (κ3) is 2.03. The van der Waals surface area contributed by atoms with Crippen LogP contribution in [0.2, 0.25) is 0 Å². The SMILES string of the molecule is CC(C)c1c2ccccc2cc2c3nccc4ccc5c6ccc(F)cc6n(c12)c5c43. The van der Waals surface area contributed by atoms with Crippen LogP contribution in [0.3, 0.4) is 0 Å². The third-order valence-corrected chi connectivity index (χ3v) is 6.74. The van der Waals surface area contributed by atoms with Gasteiger partial charge in [0.2, 0.25) is 0 Å². The van der Waals surface area contributed by atoms with E-state index >= 15 is 0 Å². The molecule has 0 aliphatic carbocycles. The predicted molar refractivity (Wildman–Crippen MR) is 128 cm³/mol. The molecule has 0 bridgehead atoms. The van der Waals surface area contributed by atoms with E-state index in [2.05, 4.69) is 66.8 Å². The molecule has 2 nitrogen and oxygen atoms in total. The number of hydrogen-bond donors (Lipinski definition) is 0. The van der Waals surface area contributed by atoms with Crippen LogP contribution in [0.25, 0.3) is 59.8 Å². The van der Waals surface area contributed by atoms with Gasteiger partial charge < -0.3 is 4.40 Å². The van der Waals surface area contributed by atoms with Crippen LogP contribution in [0.5, 0.6) is 0 Å². The van der Waals surface area contributed by atoms with E-state index in [4.69, 9.17) is 4.98 Å². The van der Waals surface area contributed by atoms with Gasteiger partial charge in [0.05, 0.1) is 22.1 Å². The number of fused-ring (bicyclic) bond motifs is 7. The van der Waals surface area contributed by atoms with Crippen molar-refractivity contribution in [2.24, 2.45) is 0 Å². The first-order chi connectivity index (χ1) is 15.1. The van der Waals surface area contributed by atoms with Crippen molar-refractivity contribution in [3.8, 4) is 0 Å². The summed E-state index contributed by atoms with van der Waals surface area (Å²) in [6, 6.07) is 22.3. The summed E-state index contributed by atoms with van der Waals surface area (Å²) in [4.78, 5) is 4.87. The molecule has 3 aromatic heterocycles. The van der Waals surface area contributed by atoms with E-state index in [9.17, 15) is 4.39 Å². The van der Waals surface area contributed by atoms with Gasteiger partial charge in [-0.15, -0.1) is 0 Å². The highest BCUT2D eigenvalue weighted by Crippen LogP contribution is 2.44. The van der Waals surface area contributed by atoms with Gasteiger partial charge in [0.15, 0.2) is 0 Å². The van der Waals surface area contributed by atoms with Gasteiger partial charge in [-0.25, -0.2) is 4.39 Å². The summed E-state index contributed by atoms with van der Waals surface area (Å²) < 4.78 is 16.8. The number of halogens is 1. The summed E-state index contributed by atoms with van der Waals surface area (Å²) in [5, 5.41) is 8.10. The van der Waals surface area contributed by atoms with Crippen LogP contribution < -0.4 is 0 Å². The quantitative estimate of drug-likeness (QED) is 0.202. The minimum Gasteiger partial charge on any atom is -0.307 e. The molecule has 0 radical (unpaired) electrons. The van der Waals surface area contributed by atoms with Gasteiger partial charge >= 0.3 is 0 Å². The van der Waals surface area contributed by atoms with Gasteiger partial charge in [0.1, 0.15) is 5.82 Å². The molecule has 7 aromatic rings. The second kappa shape index (κ2) is 5.70. The van der Waals surface area contributed by atoms with Gasteiger partial charge in [-0.2, -0.15) is 0 Å². The second-order valence-electron chi connectivity index (χ2n) is 8.78. The Kier molecular flexibility index (Phi) is 3.13. The van der Waals surface area contributed by atoms with Crippen molar-refractivity contribution >= 4 is 59.8 Å². The zero-order valence-electron chi connectivity index (χ0n) is 17.3. The highest BCUT2D eigenvalue weighted by Gasteiger charge is 2.22. The molecule has 0 atom stereocenters. The van der Waals surface area contributed by atoms with Crippen LogP contribution in [-0.2, 0) is 0 Å². The fourth-order valence-corrected chi connectivity index (χ4v) is 5.55. The summed E-state index contributed by atoms with van der Waals surface area (Å²) in [7, 11) is 0. The maximum absolute atomic E-state index is 14.5. The number of pyridine rings is 2. The van der Waals surface area contributed by atoms with Gasteiger partial charge in [-0.3, -0.25) is 4.98 Å². The largest absolute Gasteiger partial charge is 0.307 e. The van der Waals surface area contributed by atoms with Crippen LogP contribution in [0.15, 0.2) is 72.9 Å². The Morgan fingerprint density at radius 3 is 2.48 bits per heavy atom. The zero-order valence-corrected chi connectivity index (χ0v) is 17.3. The molecule has 4 aromatic carbocycles. The number of benzene rings is 4. The van der Waals surface area contributed by atoms with Crippen LogP contribution in [0, 0.1) is 5.82 Å². The number of hydrogen-bond acceptors (Lipinski definition) is 1. The van der Waals surface area contributed by atoms with Crippen LogP contribution in [-0.4, -0.2) is 9.38 Å². The third-order valence-electron chi connectivity index (χ3n) is 6.74. The van der Waals surface area contributed by atoms with E-state index < -0.39 is 0 Å². The van der Waals surface area contributed by atoms with Crippen molar-refractivity contribution in [1.29, 1.82) is 0 Å². The average Bonchev–Trinajstić information content (AvgIpc) is 3.11. The van der Waals surface area contributed by atoms with Crippen molar-refractivity contribution in [3.63, 3.8) is 0 Å². The molecule has 3 heteroatoms. The van der Waals surface area contributed by atoms with Gasteiger partial charge in [-0.05, 0) is 58.0 Å². The molecule has 0 aliphatic heterocycles. The molecule has 0 saturated heterocycles. The van der Waals surface area contributed by atoms with Crippen molar-refractivity contribution in [2.75, 3.05) is 0 Å². The Bertz CT molecular complexity index is 1820. The van der Waals surface area contributed by atoms with Crippen molar-refractivity contribution in [2.45, 2.75) is 19.8 Å². The van der Waals surface area contributed by atoms with Crippen LogP contribution in [0.1, 0.15) is 25.3 Å².